The van der Waals surface area contributed by atoms with Crippen molar-refractivity contribution in [3.63, 3.8) is 0 Å². The van der Waals surface area contributed by atoms with E-state index in [0.717, 1.165) is 114 Å². The predicted molar refractivity (Wildman–Crippen MR) is 421 cm³/mol. The first-order chi connectivity index (χ1) is 51.8. The number of halogens is 1. The summed E-state index contributed by atoms with van der Waals surface area (Å²) in [7, 11) is 1.99. The van der Waals surface area contributed by atoms with E-state index in [2.05, 4.69) is 96.4 Å². The Morgan fingerprint density at radius 3 is 1.61 bits per heavy atom. The molecule has 32 heteroatoms. The monoisotopic (exact) mass is 1510 g/mol. The van der Waals surface area contributed by atoms with Crippen LogP contribution in [0.25, 0.3) is 58.3 Å². The first-order valence-electron chi connectivity index (χ1n) is 35.8. The summed E-state index contributed by atoms with van der Waals surface area (Å²) in [4.78, 5) is 144. The Kier molecular flexibility index (Phi) is 27.5. The van der Waals surface area contributed by atoms with Crippen LogP contribution in [0.3, 0.4) is 0 Å². The van der Waals surface area contributed by atoms with Gasteiger partial charge in [0, 0.05) is 63.6 Å². The molecule has 0 fully saturated rings. The minimum atomic E-state index is -1.01. The van der Waals surface area contributed by atoms with E-state index in [4.69, 9.17) is 32.7 Å². The summed E-state index contributed by atoms with van der Waals surface area (Å²) in [6.45, 7) is 31.2. The van der Waals surface area contributed by atoms with Crippen LogP contribution in [0.2, 0.25) is 5.02 Å². The number of H-pyrrole nitrogens is 4. The Hall–Kier alpha value is -11.7. The fraction of sp³-hybridized carbons (Fsp3) is 0.377. The number of nitrogens with one attached hydrogen (secondary N) is 5. The number of carboxylic acid groups (broad SMARTS) is 2. The van der Waals surface area contributed by atoms with Crippen molar-refractivity contribution in [2.24, 2.45) is 15.7 Å². The van der Waals surface area contributed by atoms with Crippen molar-refractivity contribution in [3.8, 4) is 23.0 Å². The van der Waals surface area contributed by atoms with Crippen LogP contribution in [-0.2, 0) is 22.7 Å². The molecule has 0 saturated heterocycles. The Morgan fingerprint density at radius 2 is 1.03 bits per heavy atom. The van der Waals surface area contributed by atoms with Gasteiger partial charge in [0.15, 0.2) is 45.4 Å². The van der Waals surface area contributed by atoms with Crippen molar-refractivity contribution in [3.05, 3.63) is 202 Å². The van der Waals surface area contributed by atoms with Crippen molar-refractivity contribution in [1.29, 1.82) is 0 Å². The average Bonchev–Trinajstić information content (AvgIpc) is 0.780. The predicted octanol–water partition coefficient (Wildman–Crippen LogP) is 7.07. The van der Waals surface area contributed by atoms with Gasteiger partial charge in [0.25, 0.3) is 22.2 Å². The Morgan fingerprint density at radius 1 is 0.532 bits per heavy atom. The third-order valence-electron chi connectivity index (χ3n) is 18.5. The highest BCUT2D eigenvalue weighted by atomic mass is 35.5. The van der Waals surface area contributed by atoms with Gasteiger partial charge in [-0.1, -0.05) is 69.7 Å². The number of aromatic nitrogens is 12. The summed E-state index contributed by atoms with van der Waals surface area (Å²) in [5.74, 6) is 0.167. The van der Waals surface area contributed by atoms with Gasteiger partial charge in [0.2, 0.25) is 0 Å². The van der Waals surface area contributed by atoms with Crippen LogP contribution in [-0.4, -0.2) is 149 Å². The molecule has 0 bridgehead atoms. The van der Waals surface area contributed by atoms with E-state index in [1.54, 1.807) is 0 Å². The lowest BCUT2D eigenvalue weighted by Gasteiger charge is -2.28. The molecule has 12 rings (SSSR count). The van der Waals surface area contributed by atoms with Crippen molar-refractivity contribution in [1.82, 2.24) is 69.2 Å². The van der Waals surface area contributed by atoms with Gasteiger partial charge in [-0.25, -0.2) is 39.5 Å². The minimum Gasteiger partial charge on any atom is -0.513 e. The van der Waals surface area contributed by atoms with Gasteiger partial charge < -0.3 is 65.3 Å². The van der Waals surface area contributed by atoms with E-state index in [9.17, 15) is 43.5 Å². The summed E-state index contributed by atoms with van der Waals surface area (Å²) in [6, 6.07) is 16.6. The molecular weight excluding hydrogens is 1420 g/mol. The third-order valence-corrected chi connectivity index (χ3v) is 18.9. The fourth-order valence-electron chi connectivity index (χ4n) is 12.5. The first-order valence-corrected chi connectivity index (χ1v) is 36.2. The number of aliphatic carboxylic acids is 2. The summed E-state index contributed by atoms with van der Waals surface area (Å²) in [5.41, 5.74) is 15.9. The van der Waals surface area contributed by atoms with E-state index >= 15 is 0 Å². The molecule has 4 aromatic carbocycles. The first kappa shape index (κ1) is 81.4. The van der Waals surface area contributed by atoms with Crippen LogP contribution < -0.4 is 76.1 Å². The number of carboxylic acids is 2. The second kappa shape index (κ2) is 36.8. The lowest BCUT2D eigenvalue weighted by atomic mass is 10.1. The van der Waals surface area contributed by atoms with Crippen LogP contribution in [0.15, 0.2) is 118 Å². The number of benzene rings is 4. The van der Waals surface area contributed by atoms with E-state index in [0.29, 0.717) is 122 Å². The zero-order valence-electron chi connectivity index (χ0n) is 62.3. The number of carbonyl (C=O) groups is 2. The largest absolute Gasteiger partial charge is 0.513 e. The van der Waals surface area contributed by atoms with Crippen molar-refractivity contribution in [2.45, 2.75) is 144 Å². The second-order valence-electron chi connectivity index (χ2n) is 27.2. The molecule has 0 amide bonds. The number of allylic oxidation sites excluding steroid dienone is 2. The molecule has 8 heterocycles. The highest BCUT2D eigenvalue weighted by Crippen LogP contribution is 2.39. The molecule has 1 atom stereocenters. The second-order valence-corrected chi connectivity index (χ2v) is 27.6. The van der Waals surface area contributed by atoms with Gasteiger partial charge in [-0.3, -0.25) is 38.7 Å². The van der Waals surface area contributed by atoms with Crippen LogP contribution in [0.1, 0.15) is 117 Å². The standard InChI is InChI=1S/C20H25N5O3.C19H21ClN4O3.C19H24N6O3.C19H22N4O3/c1-12-10-15-16(11-13(12)2)25(9-8-24(4)7-5-6-14(3)26)18-17(21-15)19(27)23-20(28)22-18;1-11-9-14-15(10-13(11)20)24(8-6-4-3-5-7-16(25)26)18-17(23-14)19(27)22-12(2)21-18;1-10-8-14-15(9-11(10)2)25(7-6-21-5-4-13(20)19(27)28)17-16(24-14)18(26)23-12(3)22-17;1-12-8-9-15-14(11-12)20-16-17(21-19(26)22-18(16)25)23(15)10-6-4-3-5-7-13(2)24/h10-11,26H,3,5-9H2,1-2,4H3,(H,23,27,28);9-10H,2-8H2,1H3,(H,22,27)(H,25,26);8-9,13,21H,3-7,20H2,1-2H3,(H,23,26)(H,27,28);8-9,11,24H,2-7,10H2,1H3,(H,22,25,26)/t;;13-;/m..1./s1. The van der Waals surface area contributed by atoms with E-state index < -0.39 is 40.5 Å². The molecule has 0 aliphatic carbocycles. The molecule has 6 aliphatic rings. The van der Waals surface area contributed by atoms with Gasteiger partial charge in [0.1, 0.15) is 17.0 Å². The average molecular weight is 1510 g/mol. The lowest BCUT2D eigenvalue weighted by Crippen LogP contribution is -2.44. The minimum absolute atomic E-state index is 0.162. The molecule has 0 unspecified atom stereocenters. The number of aliphatic hydroxyl groups is 2. The maximum atomic E-state index is 12.4. The van der Waals surface area contributed by atoms with Crippen molar-refractivity contribution in [2.75, 3.05) is 56.1 Å². The number of rotatable bonds is 28. The summed E-state index contributed by atoms with van der Waals surface area (Å²) in [6.07, 6.45) is 9.39. The number of aryl methyl sites for hydroxylation is 7. The number of likely N-dealkylation sites (N-methyl/N-ethyl adjacent to an activating group) is 1. The SMILES string of the molecule is C=C(O)CCCCCCn1c2nc(=O)[nH]c(=O)c-2nc2cc(C)ccc21.C=C(O)CCCN(C)CCn1c2nc(=O)[nH]c(=O)c-2nc2cc(C)c(C)cc21.C=c1nc2c(c(=O)[nH]1)=Nc1cc(C)c(C)cc1N2CCNCC[C@@H](N)C(=O)O.C=c1nc2c(c(=O)[nH]1)=Nc1cc(C)c(Cl)cc1N2CCCCCCC(=O)O. The lowest BCUT2D eigenvalue weighted by molar-refractivity contribution is -0.139. The summed E-state index contributed by atoms with van der Waals surface area (Å²) < 4.78 is 3.79. The molecule has 0 radical (unpaired) electrons. The zero-order valence-corrected chi connectivity index (χ0v) is 63.0. The number of aromatic amines is 4. The normalized spacial score (nSPS) is 12.2. The molecule has 109 heavy (non-hydrogen) atoms. The number of nitrogens with two attached hydrogens (primary N) is 1. The molecule has 0 saturated carbocycles. The van der Waals surface area contributed by atoms with E-state index in [1.165, 1.54) is 0 Å². The highest BCUT2D eigenvalue weighted by Gasteiger charge is 2.27. The van der Waals surface area contributed by atoms with Crippen molar-refractivity contribution >= 4 is 93.1 Å². The number of unbranched alkanes of at least 4 members (excludes halogenated alkanes) is 6. The topological polar surface area (TPSA) is 440 Å². The number of aliphatic hydroxyl groups excluding tert-OH is 2. The maximum absolute atomic E-state index is 12.4. The van der Waals surface area contributed by atoms with Crippen LogP contribution in [0.4, 0.5) is 34.4 Å². The number of nitrogens with zero attached hydrogens (tertiary/aromatic N) is 13. The summed E-state index contributed by atoms with van der Waals surface area (Å²) >= 11 is 6.31. The van der Waals surface area contributed by atoms with Crippen LogP contribution in [0.5, 0.6) is 0 Å². The van der Waals surface area contributed by atoms with Gasteiger partial charge in [-0.05, 0) is 182 Å². The van der Waals surface area contributed by atoms with E-state index in [1.807, 2.05) is 122 Å². The number of anilines is 4. The molecule has 574 valence electrons. The molecule has 6 aromatic rings. The third kappa shape index (κ3) is 20.9. The molecule has 6 aliphatic heterocycles. The maximum Gasteiger partial charge on any atom is 0.349 e. The Balaban J connectivity index is 0.000000168. The molecule has 31 nitrogen and oxygen atoms in total. The van der Waals surface area contributed by atoms with Gasteiger partial charge >= 0.3 is 23.3 Å². The molecule has 0 spiro atoms. The number of hydrogen-bond acceptors (Lipinski definition) is 23. The molecular formula is C77H92ClN19O12. The Bertz CT molecular complexity index is 5660. The Labute approximate surface area is 630 Å². The van der Waals surface area contributed by atoms with Crippen LogP contribution >= 0.6 is 11.6 Å². The van der Waals surface area contributed by atoms with Gasteiger partial charge in [-0.2, -0.15) is 9.97 Å². The van der Waals surface area contributed by atoms with Crippen LogP contribution in [0, 0.1) is 41.5 Å². The summed E-state index contributed by atoms with van der Waals surface area (Å²) in [5, 5.41) is 40.2. The van der Waals surface area contributed by atoms with E-state index in [-0.39, 0.29) is 62.1 Å². The smallest absolute Gasteiger partial charge is 0.349 e. The molecule has 11 N–H and O–H groups in total. The highest BCUT2D eigenvalue weighted by molar-refractivity contribution is 6.31. The quantitative estimate of drug-likeness (QED) is 0.0133. The van der Waals surface area contributed by atoms with Gasteiger partial charge in [0.05, 0.1) is 56.3 Å². The zero-order chi connectivity index (χ0) is 79.1. The number of fused-ring (bicyclic) bond motifs is 8. The van der Waals surface area contributed by atoms with Gasteiger partial charge in [-0.15, -0.1) is 0 Å². The van der Waals surface area contributed by atoms with Crippen molar-refractivity contribution < 1.29 is 30.0 Å². The fourth-order valence-corrected chi connectivity index (χ4v) is 12.6. The molecule has 2 aromatic heterocycles. The number of hydrogen-bond donors (Lipinski definition) is 10.